The van der Waals surface area contributed by atoms with Crippen LogP contribution in [0.3, 0.4) is 0 Å². The van der Waals surface area contributed by atoms with Gasteiger partial charge >= 0.3 is 18.2 Å². The highest BCUT2D eigenvalue weighted by molar-refractivity contribution is 7.17. The van der Waals surface area contributed by atoms with Crippen LogP contribution >= 0.6 is 22.9 Å². The van der Waals surface area contributed by atoms with Gasteiger partial charge in [-0.05, 0) is 96.3 Å². The van der Waals surface area contributed by atoms with E-state index in [4.69, 9.17) is 45.8 Å². The van der Waals surface area contributed by atoms with Gasteiger partial charge in [0, 0.05) is 145 Å². The molecule has 3 aliphatic rings. The molecular formula is C72H86ClN13O16S. The molecule has 7 aromatic rings. The maximum atomic E-state index is 14.0. The predicted octanol–water partition coefficient (Wildman–Crippen LogP) is 7.12. The number of ether oxygens (including phenoxy) is 6. The number of alkyl halides is 1. The summed E-state index contributed by atoms with van der Waals surface area (Å²) >= 11 is 8.21. The Morgan fingerprint density at radius 2 is 1.36 bits per heavy atom. The fourth-order valence-corrected chi connectivity index (χ4v) is 13.4. The molecule has 11 amide bonds. The molecule has 31 heteroatoms. The van der Waals surface area contributed by atoms with Gasteiger partial charge in [-0.1, -0.05) is 44.2 Å². The van der Waals surface area contributed by atoms with Gasteiger partial charge in [-0.15, -0.1) is 22.9 Å². The number of rotatable bonds is 36. The fraction of sp³-hybridized carbons (Fsp3) is 0.417. The van der Waals surface area contributed by atoms with E-state index in [2.05, 4.69) is 58.2 Å². The van der Waals surface area contributed by atoms with Crippen LogP contribution in [-0.4, -0.2) is 207 Å². The Balaban J connectivity index is 0.625. The molecule has 0 radical (unpaired) electrons. The molecule has 3 aliphatic heterocycles. The van der Waals surface area contributed by atoms with Crippen LogP contribution in [0.5, 0.6) is 5.75 Å². The average molecular weight is 1460 g/mol. The number of carbonyl (C=O) groups excluding carboxylic acids is 10. The molecule has 103 heavy (non-hydrogen) atoms. The van der Waals surface area contributed by atoms with Crippen molar-refractivity contribution in [3.8, 4) is 5.75 Å². The highest BCUT2D eigenvalue weighted by Gasteiger charge is 2.35. The molecule has 0 aliphatic carbocycles. The number of halogens is 1. The maximum absolute atomic E-state index is 14.0. The van der Waals surface area contributed by atoms with Crippen molar-refractivity contribution < 1.29 is 76.4 Å². The van der Waals surface area contributed by atoms with E-state index in [9.17, 15) is 47.9 Å². The molecule has 3 aromatic heterocycles. The Kier molecular flexibility index (Phi) is 26.9. The van der Waals surface area contributed by atoms with Gasteiger partial charge in [0.05, 0.1) is 64.1 Å². The van der Waals surface area contributed by atoms with Crippen molar-refractivity contribution in [2.24, 2.45) is 11.7 Å². The monoisotopic (exact) mass is 1460 g/mol. The van der Waals surface area contributed by atoms with E-state index in [1.54, 1.807) is 43.0 Å². The van der Waals surface area contributed by atoms with E-state index in [0.29, 0.717) is 67.2 Å². The molecule has 1 fully saturated rings. The Hall–Kier alpha value is -10.1. The van der Waals surface area contributed by atoms with Crippen molar-refractivity contribution in [1.82, 2.24) is 45.9 Å². The number of thiophene rings is 1. The molecular weight excluding hydrogens is 1370 g/mol. The second-order valence-electron chi connectivity index (χ2n) is 25.3. The first kappa shape index (κ1) is 75.6. The summed E-state index contributed by atoms with van der Waals surface area (Å²) in [4.78, 5) is 141. The molecule has 3 atom stereocenters. The number of imide groups is 1. The van der Waals surface area contributed by atoms with Gasteiger partial charge in [0.1, 0.15) is 24.4 Å². The number of aromatic nitrogens is 2. The van der Waals surface area contributed by atoms with Crippen LogP contribution in [0.15, 0.2) is 102 Å². The lowest BCUT2D eigenvalue weighted by molar-refractivity contribution is -0.137. The predicted molar refractivity (Wildman–Crippen MR) is 387 cm³/mol. The highest BCUT2D eigenvalue weighted by Crippen LogP contribution is 2.49. The number of para-hydroxylation sites is 1. The van der Waals surface area contributed by atoms with E-state index in [-0.39, 0.29) is 135 Å². The number of hydrogen-bond acceptors (Lipinski definition) is 18. The molecule has 29 nitrogen and oxygen atoms in total. The quantitative estimate of drug-likeness (QED) is 0.0107. The van der Waals surface area contributed by atoms with Crippen molar-refractivity contribution in [3.63, 3.8) is 0 Å². The number of carbonyl (C=O) groups is 10. The average Bonchev–Trinajstić information content (AvgIpc) is 1.59. The van der Waals surface area contributed by atoms with Crippen molar-refractivity contribution in [1.29, 1.82) is 0 Å². The fourth-order valence-electron chi connectivity index (χ4n) is 12.1. The zero-order valence-electron chi connectivity index (χ0n) is 57.6. The third-order valence-electron chi connectivity index (χ3n) is 17.5. The van der Waals surface area contributed by atoms with Crippen molar-refractivity contribution in [3.05, 3.63) is 131 Å². The van der Waals surface area contributed by atoms with E-state index < -0.39 is 59.8 Å². The minimum atomic E-state index is -1.09. The molecule has 6 heterocycles. The number of fused-ring (bicyclic) bond motifs is 5. The van der Waals surface area contributed by atoms with Gasteiger partial charge in [-0.25, -0.2) is 14.4 Å². The number of nitrogens with two attached hydrogens (primary N) is 1. The van der Waals surface area contributed by atoms with Gasteiger partial charge in [-0.2, -0.15) is 0 Å². The lowest BCUT2D eigenvalue weighted by atomic mass is 9.97. The Bertz CT molecular complexity index is 4180. The standard InChI is InChI=1S/C72H86ClN13O16S/c1-44(2)65(82-60(88)19-27-97-29-31-99-33-34-100-32-30-98-28-21-75-59(87)18-22-86-61(89)16-17-62(86)90)69(93)81-55(9-6-20-76-70(74)94)67(91)78-50-12-10-46(11-13-50)42-101-71(95)83-23-25-84(26-24-83)72(96)102-58-38-57-64(63-45(3)43-103-66(58)63)49(39-73)40-85(57)41-52-36-48-35-51(14-15-54(48)77-52)79-68(92)56-37-47-7-4-5-8-53(47)80-56/h4-5,7-8,10-17,35-38,43-44,49,55,65,77,80H,6,9,18-34,39-42H2,1-3H3,(H,75,87)(H,78,91)(H,79,92)(H,81,93)(H,82,88)(H3,74,76,94). The molecule has 0 bridgehead atoms. The van der Waals surface area contributed by atoms with Crippen LogP contribution < -0.4 is 47.3 Å². The highest BCUT2D eigenvalue weighted by atomic mass is 35.5. The second-order valence-corrected chi connectivity index (χ2v) is 26.5. The first-order chi connectivity index (χ1) is 49.8. The minimum absolute atomic E-state index is 0.00380. The van der Waals surface area contributed by atoms with Crippen LogP contribution in [0, 0.1) is 12.8 Å². The third kappa shape index (κ3) is 20.8. The zero-order valence-corrected chi connectivity index (χ0v) is 59.1. The molecule has 1 saturated heterocycles. The summed E-state index contributed by atoms with van der Waals surface area (Å²) in [5.41, 5.74) is 13.2. The van der Waals surface area contributed by atoms with Crippen LogP contribution in [0.4, 0.5) is 31.4 Å². The number of anilines is 3. The van der Waals surface area contributed by atoms with Crippen molar-refractivity contribution in [2.75, 3.05) is 127 Å². The molecule has 3 unspecified atom stereocenters. The number of urea groups is 1. The van der Waals surface area contributed by atoms with E-state index in [1.807, 2.05) is 61.5 Å². The summed E-state index contributed by atoms with van der Waals surface area (Å²) in [5.74, 6) is -2.55. The van der Waals surface area contributed by atoms with Crippen LogP contribution in [0.2, 0.25) is 0 Å². The van der Waals surface area contributed by atoms with Crippen molar-refractivity contribution >= 4 is 131 Å². The summed E-state index contributed by atoms with van der Waals surface area (Å²) in [6, 6.07) is 23.1. The van der Waals surface area contributed by atoms with Gasteiger partial charge < -0.3 is 90.7 Å². The van der Waals surface area contributed by atoms with Gasteiger partial charge in [0.15, 0.2) is 5.75 Å². The van der Waals surface area contributed by atoms with Crippen LogP contribution in [-0.2, 0) is 65.6 Å². The number of aromatic amines is 2. The normalized spacial score (nSPS) is 14.9. The van der Waals surface area contributed by atoms with Gasteiger partial charge in [0.2, 0.25) is 23.6 Å². The topological polar surface area (TPSA) is 369 Å². The summed E-state index contributed by atoms with van der Waals surface area (Å²) in [7, 11) is 0. The molecule has 0 spiro atoms. The van der Waals surface area contributed by atoms with E-state index >= 15 is 0 Å². The lowest BCUT2D eigenvalue weighted by Gasteiger charge is -2.33. The Morgan fingerprint density at radius 1 is 0.689 bits per heavy atom. The smallest absolute Gasteiger partial charge is 0.415 e. The largest absolute Gasteiger partial charge is 0.445 e. The molecule has 548 valence electrons. The summed E-state index contributed by atoms with van der Waals surface area (Å²) < 4.78 is 34.8. The number of amides is 11. The number of hydrogen-bond donors (Lipinski definition) is 9. The number of H-pyrrole nitrogens is 2. The summed E-state index contributed by atoms with van der Waals surface area (Å²) in [6.45, 7) is 9.75. The number of nitrogens with zero attached hydrogens (tertiary/aromatic N) is 4. The summed E-state index contributed by atoms with van der Waals surface area (Å²) in [6.07, 6.45) is 1.54. The maximum Gasteiger partial charge on any atom is 0.415 e. The lowest BCUT2D eigenvalue weighted by Crippen LogP contribution is -2.54. The molecule has 4 aromatic carbocycles. The molecule has 10 rings (SSSR count). The summed E-state index contributed by atoms with van der Waals surface area (Å²) in [5, 5.41) is 21.5. The Labute approximate surface area is 603 Å². The van der Waals surface area contributed by atoms with Crippen LogP contribution in [0.1, 0.15) is 78.3 Å². The first-order valence-corrected chi connectivity index (χ1v) is 35.6. The van der Waals surface area contributed by atoms with E-state index in [1.165, 1.54) is 28.4 Å². The SMILES string of the molecule is Cc1csc2c(OC(=O)N3CCN(C(=O)OCc4ccc(NC(=O)C(CCCNC(N)=O)NC(=O)C(NC(=O)CCOCCOCCOCCOCCNC(=O)CCN5C(=O)C=CC5=O)C(C)C)cc4)CC3)cc3c(c12)C(CCl)CN3Cc1cc2cc(NC(=O)c3cc4ccccc4[nH]3)ccc2[nH]1. The number of nitrogens with one attached hydrogen (secondary N) is 8. The minimum Gasteiger partial charge on any atom is -0.445 e. The van der Waals surface area contributed by atoms with Gasteiger partial charge in [-0.3, -0.25) is 38.5 Å². The number of piperazine rings is 1. The number of primary amides is 1. The Morgan fingerprint density at radius 3 is 2.05 bits per heavy atom. The second kappa shape index (κ2) is 36.7. The van der Waals surface area contributed by atoms with Crippen LogP contribution in [0.25, 0.3) is 31.9 Å². The molecule has 0 saturated carbocycles. The first-order valence-electron chi connectivity index (χ1n) is 34.2. The third-order valence-corrected chi connectivity index (χ3v) is 19.0. The zero-order chi connectivity index (χ0) is 72.9. The number of benzene rings is 4. The van der Waals surface area contributed by atoms with Gasteiger partial charge in [0.25, 0.3) is 17.7 Å². The van der Waals surface area contributed by atoms with Crippen molar-refractivity contribution in [2.45, 2.75) is 77.6 Å². The van der Waals surface area contributed by atoms with E-state index in [0.717, 1.165) is 59.3 Å². The number of aryl methyl sites for hydroxylation is 1. The molecule has 10 N–H and O–H groups in total.